The predicted octanol–water partition coefficient (Wildman–Crippen LogP) is 4.55. The van der Waals surface area contributed by atoms with E-state index in [1.54, 1.807) is 25.5 Å². The van der Waals surface area contributed by atoms with E-state index < -0.39 is 28.7 Å². The molecule has 2 fully saturated rings. The number of halogens is 1. The number of amides is 1. The molecule has 1 saturated carbocycles. The number of nitrogens with one attached hydrogen (secondary N) is 1. The predicted molar refractivity (Wildman–Crippen MR) is 128 cm³/mol. The average Bonchev–Trinajstić information content (AvgIpc) is 3.48. The van der Waals surface area contributed by atoms with E-state index in [1.165, 1.54) is 12.1 Å². The van der Waals surface area contributed by atoms with Gasteiger partial charge in [0.2, 0.25) is 17.3 Å². The zero-order valence-corrected chi connectivity index (χ0v) is 20.2. The van der Waals surface area contributed by atoms with Crippen molar-refractivity contribution < 1.29 is 23.5 Å². The zero-order chi connectivity index (χ0) is 25.5. The summed E-state index contributed by atoms with van der Waals surface area (Å²) in [6.07, 6.45) is 2.04. The minimum atomic E-state index is -0.680. The second-order valence-electron chi connectivity index (χ2n) is 9.74. The molecule has 0 bridgehead atoms. The van der Waals surface area contributed by atoms with E-state index in [2.05, 4.69) is 28.9 Å². The van der Waals surface area contributed by atoms with E-state index in [-0.39, 0.29) is 34.5 Å². The summed E-state index contributed by atoms with van der Waals surface area (Å²) in [4.78, 5) is 42.4. The van der Waals surface area contributed by atoms with Crippen LogP contribution in [-0.2, 0) is 16.6 Å². The van der Waals surface area contributed by atoms with Crippen molar-refractivity contribution in [1.82, 2.24) is 4.57 Å². The minimum absolute atomic E-state index is 0.00453. The third-order valence-corrected chi connectivity index (χ3v) is 6.84. The van der Waals surface area contributed by atoms with Gasteiger partial charge in [0.05, 0.1) is 30.8 Å². The molecule has 4 rings (SSSR count). The van der Waals surface area contributed by atoms with Gasteiger partial charge in [0, 0.05) is 30.3 Å². The van der Waals surface area contributed by atoms with Gasteiger partial charge in [0.1, 0.15) is 11.5 Å². The first kappa shape index (κ1) is 24.4. The van der Waals surface area contributed by atoms with Crippen LogP contribution < -0.4 is 5.32 Å². The van der Waals surface area contributed by atoms with Crippen molar-refractivity contribution in [3.63, 3.8) is 0 Å². The SMILES string of the molecule is [C-]#[N+]c1cc(NC(=O)c2c(C)c(C(=O)C(=O)CC3(C#CC4(C)CC4)COC3)c(C)n2C)ccc1F. The topological polar surface area (TPSA) is 81.8 Å². The first-order chi connectivity index (χ1) is 16.5. The van der Waals surface area contributed by atoms with Gasteiger partial charge in [-0.1, -0.05) is 11.8 Å². The fourth-order valence-corrected chi connectivity index (χ4v) is 4.19. The van der Waals surface area contributed by atoms with Gasteiger partial charge < -0.3 is 14.6 Å². The van der Waals surface area contributed by atoms with E-state index in [0.717, 1.165) is 18.9 Å². The number of benzene rings is 1. The second kappa shape index (κ2) is 8.79. The monoisotopic (exact) mass is 475 g/mol. The molecule has 1 saturated heterocycles. The van der Waals surface area contributed by atoms with Crippen LogP contribution in [0.5, 0.6) is 0 Å². The van der Waals surface area contributed by atoms with Crippen LogP contribution in [0.3, 0.4) is 0 Å². The van der Waals surface area contributed by atoms with Gasteiger partial charge in [-0.2, -0.15) is 0 Å². The molecule has 1 aliphatic heterocycles. The van der Waals surface area contributed by atoms with Crippen molar-refractivity contribution in [1.29, 1.82) is 0 Å². The van der Waals surface area contributed by atoms with Crippen LogP contribution in [0.2, 0.25) is 0 Å². The van der Waals surface area contributed by atoms with Crippen molar-refractivity contribution >= 4 is 28.8 Å². The summed E-state index contributed by atoms with van der Waals surface area (Å²) < 4.78 is 20.5. The Morgan fingerprint density at radius 3 is 2.49 bits per heavy atom. The van der Waals surface area contributed by atoms with Crippen molar-refractivity contribution in [3.05, 3.63) is 57.9 Å². The van der Waals surface area contributed by atoms with Gasteiger partial charge in [-0.25, -0.2) is 9.24 Å². The highest BCUT2D eigenvalue weighted by atomic mass is 19.1. The van der Waals surface area contributed by atoms with E-state index >= 15 is 0 Å². The lowest BCUT2D eigenvalue weighted by Gasteiger charge is -2.36. The molecule has 0 spiro atoms. The molecule has 1 aromatic carbocycles. The highest BCUT2D eigenvalue weighted by Crippen LogP contribution is 2.45. The lowest BCUT2D eigenvalue weighted by molar-refractivity contribution is -0.126. The Balaban J connectivity index is 1.56. The van der Waals surface area contributed by atoms with Crippen molar-refractivity contribution in [3.8, 4) is 11.8 Å². The van der Waals surface area contributed by atoms with Crippen LogP contribution >= 0.6 is 0 Å². The molecule has 0 atom stereocenters. The molecule has 1 aromatic heterocycles. The molecular formula is C27H26FN3O4. The number of hydrogen-bond acceptors (Lipinski definition) is 4. The maximum atomic E-state index is 13.6. The van der Waals surface area contributed by atoms with Crippen LogP contribution in [0.25, 0.3) is 4.85 Å². The summed E-state index contributed by atoms with van der Waals surface area (Å²) >= 11 is 0. The molecule has 2 aromatic rings. The molecule has 180 valence electrons. The fourth-order valence-electron chi connectivity index (χ4n) is 4.19. The standard InChI is InChI=1S/C27H26FN3O4/c1-16-22(24(33)21(32)13-27(14-35-15-27)11-10-26(3)8-9-26)17(2)31(5)23(16)25(34)30-18-6-7-19(28)20(12-18)29-4/h6-7,12H,8-9,13-15H2,1-3,5H3,(H,30,34). The smallest absolute Gasteiger partial charge is 0.272 e. The maximum absolute atomic E-state index is 13.6. The summed E-state index contributed by atoms with van der Waals surface area (Å²) in [5.74, 6) is 4.03. The number of aromatic nitrogens is 1. The summed E-state index contributed by atoms with van der Waals surface area (Å²) in [5.41, 5.74) is 0.669. The average molecular weight is 476 g/mol. The van der Waals surface area contributed by atoms with Crippen molar-refractivity contribution in [2.24, 2.45) is 17.9 Å². The molecule has 7 nitrogen and oxygen atoms in total. The molecule has 1 N–H and O–H groups in total. The van der Waals surface area contributed by atoms with Gasteiger partial charge in [0.25, 0.3) is 5.91 Å². The van der Waals surface area contributed by atoms with Gasteiger partial charge in [-0.15, -0.1) is 0 Å². The van der Waals surface area contributed by atoms with Crippen LogP contribution in [0.1, 0.15) is 58.3 Å². The molecule has 2 aliphatic rings. The van der Waals surface area contributed by atoms with E-state index in [9.17, 15) is 18.8 Å². The molecule has 8 heteroatoms. The van der Waals surface area contributed by atoms with Crippen molar-refractivity contribution in [2.75, 3.05) is 18.5 Å². The highest BCUT2D eigenvalue weighted by molar-refractivity contribution is 6.44. The first-order valence-corrected chi connectivity index (χ1v) is 11.3. The quantitative estimate of drug-likeness (QED) is 0.288. The largest absolute Gasteiger partial charge is 0.378 e. The number of carbonyl (C=O) groups excluding carboxylic acids is 3. The normalized spacial score (nSPS) is 16.8. The minimum Gasteiger partial charge on any atom is -0.378 e. The number of carbonyl (C=O) groups is 3. The van der Waals surface area contributed by atoms with Crippen LogP contribution in [-0.4, -0.2) is 35.3 Å². The number of ether oxygens (including phenoxy) is 1. The van der Waals surface area contributed by atoms with Gasteiger partial charge in [-0.3, -0.25) is 14.4 Å². The Labute approximate surface area is 203 Å². The summed E-state index contributed by atoms with van der Waals surface area (Å²) in [7, 11) is 1.64. The number of rotatable bonds is 6. The Morgan fingerprint density at radius 1 is 1.23 bits per heavy atom. The molecule has 2 heterocycles. The van der Waals surface area contributed by atoms with E-state index in [0.29, 0.717) is 24.5 Å². The van der Waals surface area contributed by atoms with Crippen LogP contribution in [0, 0.1) is 48.9 Å². The van der Waals surface area contributed by atoms with Crippen LogP contribution in [0.15, 0.2) is 18.2 Å². The summed E-state index contributed by atoms with van der Waals surface area (Å²) in [5, 5.41) is 2.64. The molecular weight excluding hydrogens is 449 g/mol. The number of Topliss-reactive ketones (excluding diaryl/α,β-unsaturated/α-hetero) is 2. The molecule has 35 heavy (non-hydrogen) atoms. The Kier molecular flexibility index (Phi) is 6.12. The van der Waals surface area contributed by atoms with Gasteiger partial charge in [-0.05, 0) is 57.4 Å². The molecule has 1 aliphatic carbocycles. The Hall–Kier alpha value is -3.75. The first-order valence-electron chi connectivity index (χ1n) is 11.3. The van der Waals surface area contributed by atoms with Gasteiger partial charge >= 0.3 is 0 Å². The van der Waals surface area contributed by atoms with E-state index in [1.807, 2.05) is 0 Å². The lowest BCUT2D eigenvalue weighted by Crippen LogP contribution is -2.44. The maximum Gasteiger partial charge on any atom is 0.272 e. The molecule has 1 amide bonds. The third-order valence-electron chi connectivity index (χ3n) is 6.84. The Morgan fingerprint density at radius 2 is 1.91 bits per heavy atom. The summed E-state index contributed by atoms with van der Waals surface area (Å²) in [6.45, 7) is 13.1. The van der Waals surface area contributed by atoms with Gasteiger partial charge in [0.15, 0.2) is 0 Å². The van der Waals surface area contributed by atoms with Crippen molar-refractivity contribution in [2.45, 2.75) is 40.0 Å². The number of hydrogen-bond donors (Lipinski definition) is 1. The molecule has 0 radical (unpaired) electrons. The number of anilines is 1. The summed E-state index contributed by atoms with van der Waals surface area (Å²) in [6, 6.07) is 3.70. The number of nitrogens with zero attached hydrogens (tertiary/aromatic N) is 2. The Bertz CT molecular complexity index is 1360. The van der Waals surface area contributed by atoms with E-state index in [4.69, 9.17) is 11.3 Å². The fraction of sp³-hybridized carbons (Fsp3) is 0.407. The lowest BCUT2D eigenvalue weighted by atomic mass is 9.79. The van der Waals surface area contributed by atoms with Crippen LogP contribution in [0.4, 0.5) is 15.8 Å². The zero-order valence-electron chi connectivity index (χ0n) is 20.2. The second-order valence-corrected chi connectivity index (χ2v) is 9.74. The third kappa shape index (κ3) is 4.62. The molecule has 0 unspecified atom stereocenters. The highest BCUT2D eigenvalue weighted by Gasteiger charge is 2.43. The number of ketones is 2.